The number of aromatic nitrogens is 3. The Balaban J connectivity index is 1.80. The van der Waals surface area contributed by atoms with Crippen LogP contribution < -0.4 is 0 Å². The first kappa shape index (κ1) is 12.3. The topological polar surface area (TPSA) is 49.0 Å². The van der Waals surface area contributed by atoms with Crippen LogP contribution in [0, 0.1) is 0 Å². The second-order valence-electron chi connectivity index (χ2n) is 5.66. The molecule has 0 saturated heterocycles. The van der Waals surface area contributed by atoms with Gasteiger partial charge in [-0.15, -0.1) is 0 Å². The minimum Gasteiger partial charge on any atom is -0.463 e. The van der Waals surface area contributed by atoms with Gasteiger partial charge in [0.25, 0.3) is 0 Å². The fourth-order valence-corrected chi connectivity index (χ4v) is 3.02. The lowest BCUT2D eigenvalue weighted by Crippen LogP contribution is -1.87. The average molecular weight is 303 g/mol. The molecule has 0 aliphatic heterocycles. The van der Waals surface area contributed by atoms with Gasteiger partial charge in [-0.1, -0.05) is 0 Å². The van der Waals surface area contributed by atoms with E-state index in [9.17, 15) is 0 Å². The lowest BCUT2D eigenvalue weighted by molar-refractivity contribution is 0.587. The molecule has 0 atom stereocenters. The first-order valence-electron chi connectivity index (χ1n) is 7.33. The maximum atomic E-state index is 5.81. The Morgan fingerprint density at radius 2 is 2.00 bits per heavy atom. The number of nitrogens with zero attached hydrogens (tertiary/aromatic N) is 3. The van der Waals surface area contributed by atoms with Crippen molar-refractivity contribution in [3.8, 4) is 17.0 Å². The third kappa shape index (κ3) is 1.76. The Hall–Kier alpha value is -3.21. The third-order valence-electron chi connectivity index (χ3n) is 4.15. The number of imidazole rings is 1. The van der Waals surface area contributed by atoms with E-state index < -0.39 is 0 Å². The summed E-state index contributed by atoms with van der Waals surface area (Å²) in [5.74, 6) is 0.875. The predicted molar refractivity (Wildman–Crippen MR) is 87.5 cm³/mol. The van der Waals surface area contributed by atoms with Gasteiger partial charge in [0.05, 0.1) is 18.3 Å². The number of furan rings is 2. The van der Waals surface area contributed by atoms with Gasteiger partial charge in [-0.3, -0.25) is 0 Å². The van der Waals surface area contributed by atoms with Crippen molar-refractivity contribution in [1.29, 1.82) is 0 Å². The minimum atomic E-state index is 0.835. The summed E-state index contributed by atoms with van der Waals surface area (Å²) in [5, 5.41) is 3.14. The van der Waals surface area contributed by atoms with E-state index in [4.69, 9.17) is 8.83 Å². The Kier molecular flexibility index (Phi) is 2.36. The summed E-state index contributed by atoms with van der Waals surface area (Å²) in [4.78, 5) is 4.11. The summed E-state index contributed by atoms with van der Waals surface area (Å²) in [6.45, 7) is 0. The van der Waals surface area contributed by atoms with Gasteiger partial charge in [0.2, 0.25) is 0 Å². The summed E-state index contributed by atoms with van der Waals surface area (Å²) in [6, 6.07) is 6.19. The zero-order valence-electron chi connectivity index (χ0n) is 12.4. The van der Waals surface area contributed by atoms with E-state index in [1.54, 1.807) is 25.1 Å². The number of aryl methyl sites for hydroxylation is 1. The molecule has 23 heavy (non-hydrogen) atoms. The molecule has 112 valence electrons. The molecule has 0 amide bonds. The minimum absolute atomic E-state index is 0.835. The summed E-state index contributed by atoms with van der Waals surface area (Å²) >= 11 is 0. The second-order valence-corrected chi connectivity index (χ2v) is 5.66. The molecule has 0 N–H and O–H groups in total. The largest absolute Gasteiger partial charge is 0.463 e. The molecule has 0 fully saturated rings. The van der Waals surface area contributed by atoms with E-state index in [1.165, 1.54) is 0 Å². The standard InChI is InChI=1S/C18H13N3O2/c1-20-4-2-12(8-20)18-14-7-15-16(21-5-3-19-11-21)10-22-17(15)6-13(14)9-23-18/h2-11H,1H3. The fraction of sp³-hybridized carbons (Fsp3) is 0.0556. The van der Waals surface area contributed by atoms with Gasteiger partial charge in [0.15, 0.2) is 0 Å². The van der Waals surface area contributed by atoms with Gasteiger partial charge in [-0.25, -0.2) is 4.98 Å². The first-order chi connectivity index (χ1) is 11.3. The Labute approximate surface area is 131 Å². The van der Waals surface area contributed by atoms with E-state index in [0.29, 0.717) is 0 Å². The van der Waals surface area contributed by atoms with Crippen LogP contribution in [0.25, 0.3) is 38.8 Å². The summed E-state index contributed by atoms with van der Waals surface area (Å²) in [7, 11) is 2.00. The summed E-state index contributed by atoms with van der Waals surface area (Å²) in [5.41, 5.74) is 2.87. The number of benzene rings is 1. The molecule has 0 saturated carbocycles. The number of rotatable bonds is 2. The van der Waals surface area contributed by atoms with Gasteiger partial charge >= 0.3 is 0 Å². The highest BCUT2D eigenvalue weighted by Gasteiger charge is 2.14. The van der Waals surface area contributed by atoms with Crippen molar-refractivity contribution in [3.05, 3.63) is 61.8 Å². The molecule has 0 unspecified atom stereocenters. The monoisotopic (exact) mass is 303 g/mol. The van der Waals surface area contributed by atoms with E-state index >= 15 is 0 Å². The average Bonchev–Trinajstić information content (AvgIpc) is 3.30. The molecular weight excluding hydrogens is 290 g/mol. The molecule has 5 nitrogen and oxygen atoms in total. The quantitative estimate of drug-likeness (QED) is 0.486. The first-order valence-corrected chi connectivity index (χ1v) is 7.33. The Morgan fingerprint density at radius 1 is 1.04 bits per heavy atom. The lowest BCUT2D eigenvalue weighted by atomic mass is 10.1. The van der Waals surface area contributed by atoms with Crippen molar-refractivity contribution < 1.29 is 8.83 Å². The van der Waals surface area contributed by atoms with Crippen molar-refractivity contribution in [2.45, 2.75) is 0 Å². The highest BCUT2D eigenvalue weighted by molar-refractivity contribution is 6.04. The lowest BCUT2D eigenvalue weighted by Gasteiger charge is -1.99. The normalized spacial score (nSPS) is 11.7. The van der Waals surface area contributed by atoms with E-state index in [0.717, 1.165) is 38.8 Å². The molecular formula is C18H13N3O2. The molecule has 5 rings (SSSR count). The predicted octanol–water partition coefficient (Wildman–Crippen LogP) is 4.37. The van der Waals surface area contributed by atoms with Crippen molar-refractivity contribution in [3.63, 3.8) is 0 Å². The van der Waals surface area contributed by atoms with Crippen LogP contribution in [0.3, 0.4) is 0 Å². The van der Waals surface area contributed by atoms with Crippen molar-refractivity contribution in [1.82, 2.24) is 14.1 Å². The molecule has 1 aromatic carbocycles. The van der Waals surface area contributed by atoms with Crippen LogP contribution >= 0.6 is 0 Å². The second kappa shape index (κ2) is 4.39. The number of hydrogen-bond donors (Lipinski definition) is 0. The molecule has 5 heteroatoms. The molecule has 4 aromatic heterocycles. The van der Waals surface area contributed by atoms with Gasteiger partial charge in [-0.2, -0.15) is 0 Å². The molecule has 0 aliphatic carbocycles. The Bertz CT molecular complexity index is 1130. The SMILES string of the molecule is Cn1ccc(-c2occ3cc4occ(-n5ccnc5)c4cc23)c1. The van der Waals surface area contributed by atoms with Crippen molar-refractivity contribution in [2.75, 3.05) is 0 Å². The highest BCUT2D eigenvalue weighted by Crippen LogP contribution is 2.36. The smallest absolute Gasteiger partial charge is 0.143 e. The van der Waals surface area contributed by atoms with Crippen LogP contribution in [-0.2, 0) is 7.05 Å². The molecule has 0 bridgehead atoms. The Morgan fingerprint density at radius 3 is 2.78 bits per heavy atom. The van der Waals surface area contributed by atoms with Crippen molar-refractivity contribution >= 4 is 21.7 Å². The van der Waals surface area contributed by atoms with E-state index in [2.05, 4.69) is 23.3 Å². The molecule has 0 aliphatic rings. The van der Waals surface area contributed by atoms with Crippen LogP contribution in [0.5, 0.6) is 0 Å². The highest BCUT2D eigenvalue weighted by atomic mass is 16.3. The molecule has 0 spiro atoms. The van der Waals surface area contributed by atoms with E-state index in [1.807, 2.05) is 34.6 Å². The number of hydrogen-bond acceptors (Lipinski definition) is 3. The van der Waals surface area contributed by atoms with Crippen molar-refractivity contribution in [2.24, 2.45) is 7.05 Å². The molecule has 4 heterocycles. The fourth-order valence-electron chi connectivity index (χ4n) is 3.02. The van der Waals surface area contributed by atoms with Gasteiger partial charge in [0, 0.05) is 53.6 Å². The number of fused-ring (bicyclic) bond motifs is 2. The van der Waals surface area contributed by atoms with Gasteiger partial charge in [-0.05, 0) is 18.2 Å². The molecule has 5 aromatic rings. The molecule has 0 radical (unpaired) electrons. The van der Waals surface area contributed by atoms with E-state index in [-0.39, 0.29) is 0 Å². The van der Waals surface area contributed by atoms with Crippen LogP contribution in [0.2, 0.25) is 0 Å². The zero-order chi connectivity index (χ0) is 15.4. The zero-order valence-corrected chi connectivity index (χ0v) is 12.4. The van der Waals surface area contributed by atoms with Gasteiger partial charge < -0.3 is 18.0 Å². The maximum Gasteiger partial charge on any atom is 0.143 e. The van der Waals surface area contributed by atoms with Crippen LogP contribution in [0.1, 0.15) is 0 Å². The summed E-state index contributed by atoms with van der Waals surface area (Å²) in [6.07, 6.45) is 13.0. The van der Waals surface area contributed by atoms with Crippen LogP contribution in [-0.4, -0.2) is 14.1 Å². The van der Waals surface area contributed by atoms with Gasteiger partial charge in [0.1, 0.15) is 17.6 Å². The van der Waals surface area contributed by atoms with Crippen LogP contribution in [0.4, 0.5) is 0 Å². The summed E-state index contributed by atoms with van der Waals surface area (Å²) < 4.78 is 15.5. The maximum absolute atomic E-state index is 5.81. The third-order valence-corrected chi connectivity index (χ3v) is 4.15. The van der Waals surface area contributed by atoms with Crippen LogP contribution in [0.15, 0.2) is 70.7 Å².